The summed E-state index contributed by atoms with van der Waals surface area (Å²) in [7, 11) is 0. The van der Waals surface area contributed by atoms with E-state index in [9.17, 15) is 4.79 Å². The number of Topliss-reactive ketones (excluding diaryl/α,β-unsaturated/α-hetero) is 1. The van der Waals surface area contributed by atoms with Crippen LogP contribution in [0.5, 0.6) is 0 Å². The van der Waals surface area contributed by atoms with Crippen LogP contribution in [-0.2, 0) is 6.54 Å². The second-order valence-electron chi connectivity index (χ2n) is 5.71. The Kier molecular flexibility index (Phi) is 4.09. The van der Waals surface area contributed by atoms with Crippen molar-refractivity contribution >= 4 is 17.4 Å². The van der Waals surface area contributed by atoms with Crippen LogP contribution in [-0.4, -0.2) is 19.9 Å². The lowest BCUT2D eigenvalue weighted by atomic mass is 10.1. The molecule has 0 N–H and O–H groups in total. The molecule has 1 aromatic carbocycles. The number of imidazole rings is 1. The molecule has 0 aliphatic rings. The topological polar surface area (TPSA) is 39.8 Å². The Bertz CT molecular complexity index is 863. The van der Waals surface area contributed by atoms with Gasteiger partial charge in [0, 0.05) is 40.1 Å². The quantitative estimate of drug-likeness (QED) is 0.676. The summed E-state index contributed by atoms with van der Waals surface area (Å²) in [6.07, 6.45) is 5.12. The molecule has 0 radical (unpaired) electrons. The van der Waals surface area contributed by atoms with Crippen molar-refractivity contribution in [3.05, 3.63) is 70.5 Å². The predicted octanol–water partition coefficient (Wildman–Crippen LogP) is 4.14. The molecule has 5 heteroatoms. The minimum absolute atomic E-state index is 0.0777. The molecule has 2 aromatic heterocycles. The highest BCUT2D eigenvalue weighted by Crippen LogP contribution is 2.25. The Labute approximate surface area is 140 Å². The maximum absolute atomic E-state index is 12.6. The minimum atomic E-state index is 0.0777. The number of rotatable bonds is 4. The van der Waals surface area contributed by atoms with Crippen molar-refractivity contribution in [3.8, 4) is 5.69 Å². The zero-order chi connectivity index (χ0) is 16.6. The highest BCUT2D eigenvalue weighted by Gasteiger charge is 2.17. The van der Waals surface area contributed by atoms with Crippen LogP contribution in [0.3, 0.4) is 0 Å². The minimum Gasteiger partial charge on any atom is -0.330 e. The van der Waals surface area contributed by atoms with E-state index in [4.69, 9.17) is 11.6 Å². The largest absolute Gasteiger partial charge is 0.330 e. The number of hydrogen-bond donors (Lipinski definition) is 0. The highest BCUT2D eigenvalue weighted by molar-refractivity contribution is 6.30. The highest BCUT2D eigenvalue weighted by atomic mass is 35.5. The molecule has 4 nitrogen and oxygen atoms in total. The van der Waals surface area contributed by atoms with Gasteiger partial charge in [-0.15, -0.1) is 0 Å². The number of aromatic nitrogens is 3. The van der Waals surface area contributed by atoms with E-state index >= 15 is 0 Å². The third-order valence-corrected chi connectivity index (χ3v) is 4.25. The maximum Gasteiger partial charge on any atom is 0.184 e. The summed E-state index contributed by atoms with van der Waals surface area (Å²) >= 11 is 6.05. The molecule has 0 bridgehead atoms. The molecule has 3 rings (SSSR count). The first-order valence-corrected chi connectivity index (χ1v) is 7.79. The lowest BCUT2D eigenvalue weighted by molar-refractivity contribution is 0.0971. The standard InChI is InChI=1S/C18H18ClN3O/c1-12-8-15(19)4-5-17(12)22-13(2)9-16(14(22)3)18(23)10-21-7-6-20-11-21/h4-9,11H,10H2,1-3H3. The van der Waals surface area contributed by atoms with Crippen LogP contribution in [0.15, 0.2) is 43.0 Å². The fourth-order valence-electron chi connectivity index (χ4n) is 2.92. The average molecular weight is 328 g/mol. The van der Waals surface area contributed by atoms with Crippen LogP contribution in [0, 0.1) is 20.8 Å². The third kappa shape index (κ3) is 2.94. The average Bonchev–Trinajstić information content (AvgIpc) is 3.09. The van der Waals surface area contributed by atoms with Crippen LogP contribution in [0.25, 0.3) is 5.69 Å². The summed E-state index contributed by atoms with van der Waals surface area (Å²) in [4.78, 5) is 16.6. The van der Waals surface area contributed by atoms with E-state index in [1.54, 1.807) is 23.3 Å². The van der Waals surface area contributed by atoms with E-state index in [1.807, 2.05) is 45.0 Å². The van der Waals surface area contributed by atoms with E-state index in [0.717, 1.165) is 28.2 Å². The molecule has 0 aliphatic heterocycles. The zero-order valence-corrected chi connectivity index (χ0v) is 14.1. The van der Waals surface area contributed by atoms with Gasteiger partial charge in [0.05, 0.1) is 12.9 Å². The van der Waals surface area contributed by atoms with Gasteiger partial charge in [-0.25, -0.2) is 4.98 Å². The van der Waals surface area contributed by atoms with Crippen LogP contribution in [0.2, 0.25) is 5.02 Å². The molecule has 0 fully saturated rings. The second kappa shape index (κ2) is 6.05. The van der Waals surface area contributed by atoms with E-state index in [1.165, 1.54) is 0 Å². The molecule has 0 aliphatic carbocycles. The van der Waals surface area contributed by atoms with Crippen molar-refractivity contribution in [1.29, 1.82) is 0 Å². The monoisotopic (exact) mass is 327 g/mol. The molecule has 0 amide bonds. The van der Waals surface area contributed by atoms with Gasteiger partial charge in [0.25, 0.3) is 0 Å². The first-order chi connectivity index (χ1) is 11.0. The first-order valence-electron chi connectivity index (χ1n) is 7.42. The molecular weight excluding hydrogens is 310 g/mol. The van der Waals surface area contributed by atoms with Gasteiger partial charge < -0.3 is 9.13 Å². The lowest BCUT2D eigenvalue weighted by Gasteiger charge is -2.13. The normalized spacial score (nSPS) is 11.0. The molecule has 3 aromatic rings. The number of aryl methyl sites for hydroxylation is 2. The fraction of sp³-hybridized carbons (Fsp3) is 0.222. The smallest absolute Gasteiger partial charge is 0.184 e. The number of nitrogens with zero attached hydrogens (tertiary/aromatic N) is 3. The third-order valence-electron chi connectivity index (χ3n) is 4.02. The number of carbonyl (C=O) groups excluding carboxylic acids is 1. The van der Waals surface area contributed by atoms with Crippen molar-refractivity contribution < 1.29 is 4.79 Å². The van der Waals surface area contributed by atoms with Gasteiger partial charge >= 0.3 is 0 Å². The van der Waals surface area contributed by atoms with Gasteiger partial charge in [0.1, 0.15) is 0 Å². The van der Waals surface area contributed by atoms with Crippen LogP contribution in [0.4, 0.5) is 0 Å². The van der Waals surface area contributed by atoms with E-state index < -0.39 is 0 Å². The van der Waals surface area contributed by atoms with E-state index in [-0.39, 0.29) is 5.78 Å². The molecule has 0 saturated carbocycles. The molecule has 0 spiro atoms. The van der Waals surface area contributed by atoms with E-state index in [2.05, 4.69) is 9.55 Å². The van der Waals surface area contributed by atoms with Crippen molar-refractivity contribution in [3.63, 3.8) is 0 Å². The Morgan fingerprint density at radius 2 is 2.00 bits per heavy atom. The molecule has 23 heavy (non-hydrogen) atoms. The number of halogens is 1. The summed E-state index contributed by atoms with van der Waals surface area (Å²) in [5, 5.41) is 0.713. The van der Waals surface area contributed by atoms with Crippen LogP contribution < -0.4 is 0 Å². The zero-order valence-electron chi connectivity index (χ0n) is 13.4. The summed E-state index contributed by atoms with van der Waals surface area (Å²) < 4.78 is 3.88. The fourth-order valence-corrected chi connectivity index (χ4v) is 3.14. The molecule has 0 unspecified atom stereocenters. The summed E-state index contributed by atoms with van der Waals surface area (Å²) in [5.41, 5.74) is 4.84. The molecule has 118 valence electrons. The van der Waals surface area contributed by atoms with Gasteiger partial charge in [-0.3, -0.25) is 4.79 Å². The van der Waals surface area contributed by atoms with Gasteiger partial charge in [0.15, 0.2) is 5.78 Å². The Hall–Kier alpha value is -2.33. The van der Waals surface area contributed by atoms with Crippen molar-refractivity contribution in [2.45, 2.75) is 27.3 Å². The van der Waals surface area contributed by atoms with Gasteiger partial charge in [-0.05, 0) is 50.6 Å². The molecule has 0 saturated heterocycles. The van der Waals surface area contributed by atoms with Crippen LogP contribution >= 0.6 is 11.6 Å². The second-order valence-corrected chi connectivity index (χ2v) is 6.15. The van der Waals surface area contributed by atoms with Crippen molar-refractivity contribution in [1.82, 2.24) is 14.1 Å². The molecule has 2 heterocycles. The number of hydrogen-bond acceptors (Lipinski definition) is 2. The number of carbonyl (C=O) groups is 1. The summed E-state index contributed by atoms with van der Waals surface area (Å²) in [6, 6.07) is 7.74. The van der Waals surface area contributed by atoms with Gasteiger partial charge in [-0.1, -0.05) is 11.6 Å². The summed E-state index contributed by atoms with van der Waals surface area (Å²) in [6.45, 7) is 6.30. The van der Waals surface area contributed by atoms with Gasteiger partial charge in [-0.2, -0.15) is 0 Å². The number of ketones is 1. The molecular formula is C18H18ClN3O. The van der Waals surface area contributed by atoms with Gasteiger partial charge in [0.2, 0.25) is 0 Å². The van der Waals surface area contributed by atoms with E-state index in [0.29, 0.717) is 11.6 Å². The summed E-state index contributed by atoms with van der Waals surface area (Å²) in [5.74, 6) is 0.0777. The SMILES string of the molecule is Cc1cc(Cl)ccc1-n1c(C)cc(C(=O)Cn2ccnc2)c1C. The van der Waals surface area contributed by atoms with Crippen LogP contribution in [0.1, 0.15) is 27.3 Å². The Balaban J connectivity index is 2.01. The number of benzene rings is 1. The Morgan fingerprint density at radius 3 is 2.65 bits per heavy atom. The predicted molar refractivity (Wildman–Crippen MR) is 91.5 cm³/mol. The maximum atomic E-state index is 12.6. The van der Waals surface area contributed by atoms with Crippen molar-refractivity contribution in [2.75, 3.05) is 0 Å². The van der Waals surface area contributed by atoms with Crippen molar-refractivity contribution in [2.24, 2.45) is 0 Å². The lowest BCUT2D eigenvalue weighted by Crippen LogP contribution is -2.10. The molecule has 0 atom stereocenters. The first kappa shape index (κ1) is 15.6. The Morgan fingerprint density at radius 1 is 1.22 bits per heavy atom.